The van der Waals surface area contributed by atoms with Crippen molar-refractivity contribution in [3.8, 4) is 11.5 Å². The zero-order chi connectivity index (χ0) is 10.6. The quantitative estimate of drug-likeness (QED) is 0.569. The van der Waals surface area contributed by atoms with Gasteiger partial charge in [0.05, 0.1) is 25.7 Å². The number of alkyl halides is 1. The smallest absolute Gasteiger partial charge is 0.181 e. The SMILES string of the molecule is COc1ccc(C(=O)CCl)c(OC)c1. The van der Waals surface area contributed by atoms with Crippen LogP contribution in [0, 0.1) is 0 Å². The van der Waals surface area contributed by atoms with E-state index in [1.165, 1.54) is 7.11 Å². The second-order valence-electron chi connectivity index (χ2n) is 2.62. The van der Waals surface area contributed by atoms with Crippen molar-refractivity contribution in [2.75, 3.05) is 20.1 Å². The number of hydrogen-bond donors (Lipinski definition) is 0. The molecule has 0 unspecified atom stereocenters. The number of hydrogen-bond acceptors (Lipinski definition) is 3. The highest BCUT2D eigenvalue weighted by Crippen LogP contribution is 2.24. The molecule has 0 fully saturated rings. The van der Waals surface area contributed by atoms with Crippen LogP contribution >= 0.6 is 11.6 Å². The van der Waals surface area contributed by atoms with Crippen LogP contribution in [0.2, 0.25) is 0 Å². The van der Waals surface area contributed by atoms with E-state index in [1.54, 1.807) is 25.3 Å². The van der Waals surface area contributed by atoms with E-state index in [0.29, 0.717) is 17.1 Å². The van der Waals surface area contributed by atoms with E-state index < -0.39 is 0 Å². The van der Waals surface area contributed by atoms with Crippen LogP contribution in [0.3, 0.4) is 0 Å². The molecule has 0 heterocycles. The largest absolute Gasteiger partial charge is 0.497 e. The molecule has 14 heavy (non-hydrogen) atoms. The number of carbonyl (C=O) groups excluding carboxylic acids is 1. The molecule has 0 aliphatic heterocycles. The summed E-state index contributed by atoms with van der Waals surface area (Å²) in [6, 6.07) is 4.99. The van der Waals surface area contributed by atoms with Gasteiger partial charge in [0.2, 0.25) is 0 Å². The molecule has 1 aromatic carbocycles. The van der Waals surface area contributed by atoms with E-state index in [0.717, 1.165) is 0 Å². The minimum atomic E-state index is -0.161. The van der Waals surface area contributed by atoms with Gasteiger partial charge in [-0.05, 0) is 12.1 Å². The number of halogens is 1. The molecule has 0 saturated carbocycles. The van der Waals surface area contributed by atoms with Crippen LogP contribution in [0.5, 0.6) is 11.5 Å². The fourth-order valence-corrected chi connectivity index (χ4v) is 1.24. The molecular formula is C10H11ClO3. The van der Waals surface area contributed by atoms with Crippen LogP contribution in [-0.4, -0.2) is 25.9 Å². The van der Waals surface area contributed by atoms with E-state index in [1.807, 2.05) is 0 Å². The van der Waals surface area contributed by atoms with Crippen molar-refractivity contribution in [1.82, 2.24) is 0 Å². The van der Waals surface area contributed by atoms with Gasteiger partial charge in [-0.15, -0.1) is 11.6 Å². The minimum Gasteiger partial charge on any atom is -0.497 e. The Morgan fingerprint density at radius 2 is 2.07 bits per heavy atom. The molecule has 0 aromatic heterocycles. The summed E-state index contributed by atoms with van der Waals surface area (Å²) in [5.41, 5.74) is 0.475. The maximum atomic E-state index is 11.3. The van der Waals surface area contributed by atoms with E-state index in [4.69, 9.17) is 21.1 Å². The van der Waals surface area contributed by atoms with Gasteiger partial charge >= 0.3 is 0 Å². The van der Waals surface area contributed by atoms with Crippen LogP contribution < -0.4 is 9.47 Å². The topological polar surface area (TPSA) is 35.5 Å². The van der Waals surface area contributed by atoms with E-state index >= 15 is 0 Å². The summed E-state index contributed by atoms with van der Waals surface area (Å²) in [5, 5.41) is 0. The van der Waals surface area contributed by atoms with Gasteiger partial charge in [-0.1, -0.05) is 0 Å². The van der Waals surface area contributed by atoms with Gasteiger partial charge in [-0.3, -0.25) is 4.79 Å². The van der Waals surface area contributed by atoms with Gasteiger partial charge in [0.25, 0.3) is 0 Å². The summed E-state index contributed by atoms with van der Waals surface area (Å²) in [7, 11) is 3.05. The number of carbonyl (C=O) groups is 1. The molecule has 1 rings (SSSR count). The molecule has 0 radical (unpaired) electrons. The first kappa shape index (κ1) is 10.9. The Morgan fingerprint density at radius 3 is 2.57 bits per heavy atom. The molecule has 76 valence electrons. The van der Waals surface area contributed by atoms with E-state index in [9.17, 15) is 4.79 Å². The summed E-state index contributed by atoms with van der Waals surface area (Å²) in [6.07, 6.45) is 0. The number of benzene rings is 1. The fourth-order valence-electron chi connectivity index (χ4n) is 1.10. The van der Waals surface area contributed by atoms with Crippen molar-refractivity contribution in [3.05, 3.63) is 23.8 Å². The highest BCUT2D eigenvalue weighted by Gasteiger charge is 2.11. The van der Waals surface area contributed by atoms with Crippen molar-refractivity contribution in [3.63, 3.8) is 0 Å². The summed E-state index contributed by atoms with van der Waals surface area (Å²) >= 11 is 5.45. The zero-order valence-corrected chi connectivity index (χ0v) is 8.80. The van der Waals surface area contributed by atoms with Crippen LogP contribution in [0.15, 0.2) is 18.2 Å². The molecule has 0 aliphatic carbocycles. The van der Waals surface area contributed by atoms with Crippen LogP contribution in [-0.2, 0) is 0 Å². The van der Waals surface area contributed by atoms with Crippen molar-refractivity contribution in [2.45, 2.75) is 0 Å². The van der Waals surface area contributed by atoms with E-state index in [2.05, 4.69) is 0 Å². The third kappa shape index (κ3) is 2.17. The second kappa shape index (κ2) is 4.86. The first-order valence-corrected chi connectivity index (χ1v) is 4.57. The molecule has 0 bridgehead atoms. The monoisotopic (exact) mass is 214 g/mol. The van der Waals surface area contributed by atoms with Crippen molar-refractivity contribution >= 4 is 17.4 Å². The van der Waals surface area contributed by atoms with Gasteiger partial charge in [0.15, 0.2) is 5.78 Å². The molecular weight excluding hydrogens is 204 g/mol. The number of rotatable bonds is 4. The summed E-state index contributed by atoms with van der Waals surface area (Å²) in [4.78, 5) is 11.3. The number of Topliss-reactive ketones (excluding diaryl/α,β-unsaturated/α-hetero) is 1. The van der Waals surface area contributed by atoms with Crippen molar-refractivity contribution in [1.29, 1.82) is 0 Å². The Hall–Kier alpha value is -1.22. The number of ether oxygens (including phenoxy) is 2. The molecule has 3 nitrogen and oxygen atoms in total. The lowest BCUT2D eigenvalue weighted by atomic mass is 10.1. The highest BCUT2D eigenvalue weighted by atomic mass is 35.5. The van der Waals surface area contributed by atoms with Crippen molar-refractivity contribution < 1.29 is 14.3 Å². The Balaban J connectivity index is 3.11. The predicted octanol–water partition coefficient (Wildman–Crippen LogP) is 2.13. The first-order chi connectivity index (χ1) is 6.72. The molecule has 1 aromatic rings. The predicted molar refractivity (Wildman–Crippen MR) is 54.6 cm³/mol. The van der Waals surface area contributed by atoms with Gasteiger partial charge in [-0.2, -0.15) is 0 Å². The maximum absolute atomic E-state index is 11.3. The molecule has 0 spiro atoms. The highest BCUT2D eigenvalue weighted by molar-refractivity contribution is 6.30. The molecule has 0 amide bonds. The molecule has 0 N–H and O–H groups in total. The van der Waals surface area contributed by atoms with Crippen LogP contribution in [0.4, 0.5) is 0 Å². The zero-order valence-electron chi connectivity index (χ0n) is 8.04. The van der Waals surface area contributed by atoms with Gasteiger partial charge < -0.3 is 9.47 Å². The Labute approximate surface area is 87.6 Å². The normalized spacial score (nSPS) is 9.64. The van der Waals surface area contributed by atoms with Gasteiger partial charge in [0, 0.05) is 6.07 Å². The maximum Gasteiger partial charge on any atom is 0.181 e. The second-order valence-corrected chi connectivity index (χ2v) is 2.89. The van der Waals surface area contributed by atoms with E-state index in [-0.39, 0.29) is 11.7 Å². The first-order valence-electron chi connectivity index (χ1n) is 4.04. The summed E-state index contributed by atoms with van der Waals surface area (Å²) in [6.45, 7) is 0. The number of methoxy groups -OCH3 is 2. The Kier molecular flexibility index (Phi) is 3.77. The summed E-state index contributed by atoms with van der Waals surface area (Å²) in [5.74, 6) is 0.914. The third-order valence-electron chi connectivity index (χ3n) is 1.83. The third-order valence-corrected chi connectivity index (χ3v) is 2.07. The Bertz CT molecular complexity index is 336. The lowest BCUT2D eigenvalue weighted by molar-refractivity contribution is 0.101. The van der Waals surface area contributed by atoms with Crippen molar-refractivity contribution in [2.24, 2.45) is 0 Å². The molecule has 0 saturated heterocycles. The average molecular weight is 215 g/mol. The average Bonchev–Trinajstić information content (AvgIpc) is 2.27. The van der Waals surface area contributed by atoms with Gasteiger partial charge in [-0.25, -0.2) is 0 Å². The lowest BCUT2D eigenvalue weighted by Gasteiger charge is -2.07. The fraction of sp³-hybridized carbons (Fsp3) is 0.300. The Morgan fingerprint density at radius 1 is 1.36 bits per heavy atom. The lowest BCUT2D eigenvalue weighted by Crippen LogP contribution is -2.03. The van der Waals surface area contributed by atoms with Crippen LogP contribution in [0.25, 0.3) is 0 Å². The van der Waals surface area contributed by atoms with Gasteiger partial charge in [0.1, 0.15) is 11.5 Å². The minimum absolute atomic E-state index is 0.0529. The standard InChI is InChI=1S/C10H11ClO3/c1-13-7-3-4-8(9(12)6-11)10(5-7)14-2/h3-5H,6H2,1-2H3. The summed E-state index contributed by atoms with van der Waals surface area (Å²) < 4.78 is 10.1. The molecule has 0 atom stereocenters. The molecule has 4 heteroatoms. The number of ketones is 1. The van der Waals surface area contributed by atoms with Crippen LogP contribution in [0.1, 0.15) is 10.4 Å². The molecule has 0 aliphatic rings.